The molecule has 2 aromatic heterocycles. The van der Waals surface area contributed by atoms with Gasteiger partial charge in [0.15, 0.2) is 5.16 Å². The molecule has 5 rings (SSSR count). The Morgan fingerprint density at radius 2 is 1.80 bits per heavy atom. The Bertz CT molecular complexity index is 1180. The lowest BCUT2D eigenvalue weighted by atomic mass is 10.2. The van der Waals surface area contributed by atoms with Crippen LogP contribution in [-0.2, 0) is 5.75 Å². The molecule has 30 heavy (non-hydrogen) atoms. The summed E-state index contributed by atoms with van der Waals surface area (Å²) in [6.07, 6.45) is 2.27. The van der Waals surface area contributed by atoms with Crippen LogP contribution in [0.4, 0.5) is 5.69 Å². The normalized spacial score (nSPS) is 13.5. The van der Waals surface area contributed by atoms with E-state index in [4.69, 9.17) is 4.42 Å². The number of hydrogen-bond acceptors (Lipinski definition) is 8. The van der Waals surface area contributed by atoms with E-state index in [9.17, 15) is 10.1 Å². The molecule has 9 nitrogen and oxygen atoms in total. The summed E-state index contributed by atoms with van der Waals surface area (Å²) in [6, 6.07) is 16.1. The molecule has 0 unspecified atom stereocenters. The maximum atomic E-state index is 10.8. The molecule has 0 N–H and O–H groups in total. The molecule has 10 heteroatoms. The Balaban J connectivity index is 1.34. The second kappa shape index (κ2) is 7.71. The van der Waals surface area contributed by atoms with Crippen molar-refractivity contribution in [1.82, 2.24) is 25.0 Å². The summed E-state index contributed by atoms with van der Waals surface area (Å²) in [5, 5.41) is 28.5. The van der Waals surface area contributed by atoms with Crippen LogP contribution in [0.3, 0.4) is 0 Å². The molecule has 2 aromatic carbocycles. The largest absolute Gasteiger partial charge is 0.420 e. The molecule has 0 spiro atoms. The number of thioether (sulfide) groups is 1. The van der Waals surface area contributed by atoms with Crippen LogP contribution >= 0.6 is 11.8 Å². The van der Waals surface area contributed by atoms with Crippen molar-refractivity contribution in [2.45, 2.75) is 29.7 Å². The predicted octanol–water partition coefficient (Wildman–Crippen LogP) is 4.40. The van der Waals surface area contributed by atoms with Crippen LogP contribution in [0.2, 0.25) is 0 Å². The summed E-state index contributed by atoms with van der Waals surface area (Å²) in [6.45, 7) is 0. The van der Waals surface area contributed by atoms with E-state index in [2.05, 4.69) is 25.0 Å². The first kappa shape index (κ1) is 18.5. The Hall–Kier alpha value is -3.53. The maximum absolute atomic E-state index is 10.8. The van der Waals surface area contributed by atoms with Crippen LogP contribution in [0.15, 0.2) is 64.2 Å². The van der Waals surface area contributed by atoms with Gasteiger partial charge in [-0.15, -0.1) is 20.4 Å². The van der Waals surface area contributed by atoms with Gasteiger partial charge >= 0.3 is 0 Å². The Morgan fingerprint density at radius 3 is 2.50 bits per heavy atom. The minimum atomic E-state index is -0.446. The molecule has 0 saturated heterocycles. The molecule has 0 aliphatic heterocycles. The van der Waals surface area contributed by atoms with E-state index in [1.807, 2.05) is 30.3 Å². The number of para-hydroxylation sites is 1. The first-order chi connectivity index (χ1) is 14.7. The molecule has 150 valence electrons. The fraction of sp³-hybridized carbons (Fsp3) is 0.200. The third kappa shape index (κ3) is 3.69. The van der Waals surface area contributed by atoms with Gasteiger partial charge in [0.05, 0.1) is 10.7 Å². The van der Waals surface area contributed by atoms with E-state index in [1.165, 1.54) is 23.9 Å². The third-order valence-electron chi connectivity index (χ3n) is 4.73. The maximum Gasteiger partial charge on any atom is 0.269 e. The zero-order chi connectivity index (χ0) is 20.5. The van der Waals surface area contributed by atoms with E-state index in [0.717, 1.165) is 29.5 Å². The van der Waals surface area contributed by atoms with Gasteiger partial charge in [-0.2, -0.15) is 0 Å². The second-order valence-electron chi connectivity index (χ2n) is 6.88. The second-order valence-corrected chi connectivity index (χ2v) is 7.82. The minimum absolute atomic E-state index is 0.0146. The van der Waals surface area contributed by atoms with Gasteiger partial charge in [0.2, 0.25) is 11.8 Å². The van der Waals surface area contributed by atoms with Crippen molar-refractivity contribution in [3.63, 3.8) is 0 Å². The monoisotopic (exact) mass is 420 g/mol. The van der Waals surface area contributed by atoms with E-state index >= 15 is 0 Å². The summed E-state index contributed by atoms with van der Waals surface area (Å²) >= 11 is 1.48. The smallest absolute Gasteiger partial charge is 0.269 e. The lowest BCUT2D eigenvalue weighted by Gasteiger charge is -2.08. The number of rotatable bonds is 7. The molecule has 0 amide bonds. The predicted molar refractivity (Wildman–Crippen MR) is 109 cm³/mol. The molecule has 1 fully saturated rings. The molecule has 0 atom stereocenters. The van der Waals surface area contributed by atoms with Crippen molar-refractivity contribution in [3.8, 4) is 17.1 Å². The first-order valence-electron chi connectivity index (χ1n) is 9.40. The Morgan fingerprint density at radius 1 is 1.03 bits per heavy atom. The number of nitro benzene ring substituents is 1. The lowest BCUT2D eigenvalue weighted by molar-refractivity contribution is -0.384. The van der Waals surface area contributed by atoms with E-state index in [1.54, 1.807) is 12.1 Å². The van der Waals surface area contributed by atoms with Crippen molar-refractivity contribution in [2.75, 3.05) is 0 Å². The number of benzene rings is 2. The van der Waals surface area contributed by atoms with Gasteiger partial charge in [-0.1, -0.05) is 30.0 Å². The number of nitro groups is 1. The van der Waals surface area contributed by atoms with Gasteiger partial charge in [-0.25, -0.2) is 0 Å². The van der Waals surface area contributed by atoms with Gasteiger partial charge in [0, 0.05) is 29.3 Å². The molecule has 1 aliphatic rings. The molecular formula is C20H16N6O3S. The van der Waals surface area contributed by atoms with Crippen molar-refractivity contribution in [1.29, 1.82) is 0 Å². The molecule has 1 aliphatic carbocycles. The van der Waals surface area contributed by atoms with Crippen molar-refractivity contribution in [3.05, 3.63) is 76.4 Å². The highest BCUT2D eigenvalue weighted by Gasteiger charge is 2.31. The van der Waals surface area contributed by atoms with E-state index < -0.39 is 4.92 Å². The Kier molecular flexibility index (Phi) is 4.75. The van der Waals surface area contributed by atoms with E-state index in [-0.39, 0.29) is 5.69 Å². The van der Waals surface area contributed by atoms with E-state index in [0.29, 0.717) is 29.0 Å². The standard InChI is InChI=1S/C20H16N6O3S/c27-26(28)16-10-8-14(9-11-16)19-23-21-17(29-19)12-30-20-24-22-18(13-6-7-13)25(20)15-4-2-1-3-5-15/h1-5,8-11,13H,6-7,12H2. The van der Waals surface area contributed by atoms with Crippen molar-refractivity contribution in [2.24, 2.45) is 0 Å². The number of hydrogen-bond donors (Lipinski definition) is 0. The van der Waals surface area contributed by atoms with Crippen LogP contribution in [0.1, 0.15) is 30.5 Å². The highest BCUT2D eigenvalue weighted by atomic mass is 32.2. The summed E-state index contributed by atoms with van der Waals surface area (Å²) in [7, 11) is 0. The van der Waals surface area contributed by atoms with Crippen LogP contribution in [0.25, 0.3) is 17.1 Å². The average Bonchev–Trinajstić information content (AvgIpc) is 3.36. The molecule has 0 bridgehead atoms. The van der Waals surface area contributed by atoms with Gasteiger partial charge < -0.3 is 4.42 Å². The summed E-state index contributed by atoms with van der Waals surface area (Å²) in [5.74, 6) is 2.66. The zero-order valence-electron chi connectivity index (χ0n) is 15.7. The SMILES string of the molecule is O=[N+]([O-])c1ccc(-c2nnc(CSc3nnc(C4CC4)n3-c3ccccc3)o2)cc1. The quantitative estimate of drug-likeness (QED) is 0.246. The fourth-order valence-electron chi connectivity index (χ4n) is 3.08. The van der Waals surface area contributed by atoms with Crippen LogP contribution in [0.5, 0.6) is 0 Å². The highest BCUT2D eigenvalue weighted by molar-refractivity contribution is 7.98. The summed E-state index contributed by atoms with van der Waals surface area (Å²) < 4.78 is 7.83. The zero-order valence-corrected chi connectivity index (χ0v) is 16.5. The average molecular weight is 420 g/mol. The molecule has 2 heterocycles. The molecule has 4 aromatic rings. The van der Waals surface area contributed by atoms with Gasteiger partial charge in [-0.3, -0.25) is 14.7 Å². The number of non-ortho nitro benzene ring substituents is 1. The number of aromatic nitrogens is 5. The molecule has 0 radical (unpaired) electrons. The Labute approximate surface area is 175 Å². The summed E-state index contributed by atoms with van der Waals surface area (Å²) in [4.78, 5) is 10.3. The van der Waals surface area contributed by atoms with Crippen LogP contribution in [-0.4, -0.2) is 29.9 Å². The van der Waals surface area contributed by atoms with Crippen LogP contribution < -0.4 is 0 Å². The number of nitrogens with zero attached hydrogens (tertiary/aromatic N) is 6. The third-order valence-corrected chi connectivity index (χ3v) is 5.65. The molecular weight excluding hydrogens is 404 g/mol. The van der Waals surface area contributed by atoms with Gasteiger partial charge in [0.1, 0.15) is 5.82 Å². The van der Waals surface area contributed by atoms with Crippen LogP contribution in [0, 0.1) is 10.1 Å². The molecule has 1 saturated carbocycles. The minimum Gasteiger partial charge on any atom is -0.420 e. The van der Waals surface area contributed by atoms with Gasteiger partial charge in [-0.05, 0) is 37.1 Å². The lowest BCUT2D eigenvalue weighted by Crippen LogP contribution is -2.01. The topological polar surface area (TPSA) is 113 Å². The van der Waals surface area contributed by atoms with Gasteiger partial charge in [0.25, 0.3) is 5.69 Å². The fourth-order valence-corrected chi connectivity index (χ4v) is 3.88. The highest BCUT2D eigenvalue weighted by Crippen LogP contribution is 2.41. The first-order valence-corrected chi connectivity index (χ1v) is 10.4. The van der Waals surface area contributed by atoms with Crippen molar-refractivity contribution < 1.29 is 9.34 Å². The van der Waals surface area contributed by atoms with Crippen molar-refractivity contribution >= 4 is 17.4 Å². The summed E-state index contributed by atoms with van der Waals surface area (Å²) in [5.41, 5.74) is 1.68.